The van der Waals surface area contributed by atoms with E-state index in [-0.39, 0.29) is 11.4 Å². The number of fused-ring (bicyclic) bond motifs is 1. The highest BCUT2D eigenvalue weighted by atomic mass is 19.1. The molecule has 1 fully saturated rings. The van der Waals surface area contributed by atoms with Crippen LogP contribution in [0.15, 0.2) is 103 Å². The van der Waals surface area contributed by atoms with Crippen molar-refractivity contribution < 1.29 is 23.8 Å². The van der Waals surface area contributed by atoms with Crippen LogP contribution in [0, 0.1) is 5.82 Å². The molecule has 1 aromatic heterocycles. The SMILES string of the molecule is C=C/C(C(=O)Nc1ccc(Oc2ccnc3cc(OCCCC4(O)CC4)ccc23)c(F)c1)=C(/C)N(C)N(C)c1ccccc1. The van der Waals surface area contributed by atoms with Gasteiger partial charge in [-0.3, -0.25) is 19.8 Å². The Balaban J connectivity index is 1.24. The lowest BCUT2D eigenvalue weighted by Gasteiger charge is -2.33. The number of carbonyl (C=O) groups excluding carboxylic acids is 1. The summed E-state index contributed by atoms with van der Waals surface area (Å²) in [6.07, 6.45) is 6.32. The molecule has 228 valence electrons. The van der Waals surface area contributed by atoms with Crippen LogP contribution in [0.5, 0.6) is 17.2 Å². The number of aromatic nitrogens is 1. The molecule has 1 heterocycles. The molecule has 0 aliphatic heterocycles. The quantitative estimate of drug-likeness (QED) is 0.0729. The molecule has 8 nitrogen and oxygen atoms in total. The minimum Gasteiger partial charge on any atom is -0.494 e. The van der Waals surface area contributed by atoms with Gasteiger partial charge in [0.15, 0.2) is 11.6 Å². The van der Waals surface area contributed by atoms with Gasteiger partial charge in [0.05, 0.1) is 29.0 Å². The smallest absolute Gasteiger partial charge is 0.257 e. The molecule has 0 radical (unpaired) electrons. The van der Waals surface area contributed by atoms with Gasteiger partial charge < -0.3 is 19.9 Å². The van der Waals surface area contributed by atoms with E-state index in [0.717, 1.165) is 31.4 Å². The molecule has 0 saturated heterocycles. The molecule has 0 atom stereocenters. The average Bonchev–Trinajstić information content (AvgIpc) is 3.77. The minimum atomic E-state index is -0.633. The van der Waals surface area contributed by atoms with Crippen LogP contribution in [-0.2, 0) is 4.79 Å². The third kappa shape index (κ3) is 7.18. The molecule has 1 aliphatic carbocycles. The van der Waals surface area contributed by atoms with Gasteiger partial charge in [0.25, 0.3) is 5.91 Å². The van der Waals surface area contributed by atoms with Crippen molar-refractivity contribution in [3.05, 3.63) is 109 Å². The summed E-state index contributed by atoms with van der Waals surface area (Å²) in [6, 6.07) is 21.2. The van der Waals surface area contributed by atoms with Gasteiger partial charge in [-0.25, -0.2) is 4.39 Å². The summed E-state index contributed by atoms with van der Waals surface area (Å²) >= 11 is 0. The Bertz CT molecular complexity index is 1690. The van der Waals surface area contributed by atoms with Crippen molar-refractivity contribution in [2.45, 2.75) is 38.2 Å². The van der Waals surface area contributed by atoms with E-state index in [2.05, 4.69) is 16.9 Å². The molecule has 9 heteroatoms. The number of para-hydroxylation sites is 1. The van der Waals surface area contributed by atoms with E-state index in [0.29, 0.717) is 40.3 Å². The standard InChI is InChI=1S/C35H37FN4O4/c1-5-28(24(2)39(3)40(4)26-10-7-6-8-11-26)34(41)38-25-12-15-33(30(36)22-25)44-32-16-20-37-31-23-27(13-14-29(31)32)43-21-9-17-35(42)18-19-35/h5-8,10-16,20,22-23,42H,1,9,17-19,21H2,2-4H3,(H,38,41)/b28-24+. The van der Waals surface area contributed by atoms with Gasteiger partial charge in [-0.1, -0.05) is 30.9 Å². The van der Waals surface area contributed by atoms with Crippen LogP contribution >= 0.6 is 0 Å². The lowest BCUT2D eigenvalue weighted by Crippen LogP contribution is -2.36. The molecule has 1 saturated carbocycles. The highest BCUT2D eigenvalue weighted by Crippen LogP contribution is 2.39. The van der Waals surface area contributed by atoms with Crippen molar-refractivity contribution in [3.8, 4) is 17.2 Å². The summed E-state index contributed by atoms with van der Waals surface area (Å²) in [5.41, 5.74) is 2.41. The van der Waals surface area contributed by atoms with Crippen LogP contribution in [0.1, 0.15) is 32.6 Å². The molecule has 1 amide bonds. The van der Waals surface area contributed by atoms with Crippen molar-refractivity contribution in [2.24, 2.45) is 0 Å². The van der Waals surface area contributed by atoms with Crippen LogP contribution in [0.3, 0.4) is 0 Å². The second kappa shape index (κ2) is 13.2. The van der Waals surface area contributed by atoms with Gasteiger partial charge in [0, 0.05) is 49.2 Å². The topological polar surface area (TPSA) is 87.2 Å². The average molecular weight is 597 g/mol. The summed E-state index contributed by atoms with van der Waals surface area (Å²) in [4.78, 5) is 17.6. The Morgan fingerprint density at radius 3 is 2.57 bits per heavy atom. The first kappa shape index (κ1) is 30.6. The molecule has 3 aromatic carbocycles. The number of hydrogen-bond donors (Lipinski definition) is 2. The molecule has 0 unspecified atom stereocenters. The zero-order chi connectivity index (χ0) is 31.3. The number of allylic oxidation sites excluding steroid dienone is 1. The van der Waals surface area contributed by atoms with Crippen molar-refractivity contribution in [2.75, 3.05) is 31.0 Å². The predicted molar refractivity (Wildman–Crippen MR) is 171 cm³/mol. The van der Waals surface area contributed by atoms with Crippen LogP contribution in [0.2, 0.25) is 0 Å². The normalized spacial score (nSPS) is 13.9. The maximum atomic E-state index is 15.2. The first-order chi connectivity index (χ1) is 21.2. The Hall–Kier alpha value is -4.89. The number of rotatable bonds is 13. The van der Waals surface area contributed by atoms with Crippen LogP contribution < -0.4 is 19.8 Å². The summed E-state index contributed by atoms with van der Waals surface area (Å²) in [6.45, 7) is 6.14. The number of hydrazine groups is 1. The van der Waals surface area contributed by atoms with Gasteiger partial charge >= 0.3 is 0 Å². The number of nitrogens with zero attached hydrogens (tertiary/aromatic N) is 3. The monoisotopic (exact) mass is 596 g/mol. The molecule has 5 rings (SSSR count). The van der Waals surface area contributed by atoms with E-state index in [1.165, 1.54) is 18.2 Å². The molecule has 4 aromatic rings. The van der Waals surface area contributed by atoms with Crippen LogP contribution in [0.4, 0.5) is 15.8 Å². The molecule has 0 spiro atoms. The van der Waals surface area contributed by atoms with Crippen LogP contribution in [-0.4, -0.2) is 47.3 Å². The third-order valence-electron chi connectivity index (χ3n) is 7.87. The molecule has 44 heavy (non-hydrogen) atoms. The van der Waals surface area contributed by atoms with Crippen molar-refractivity contribution in [1.29, 1.82) is 0 Å². The lowest BCUT2D eigenvalue weighted by atomic mass is 10.1. The molecular formula is C35H37FN4O4. The van der Waals surface area contributed by atoms with Crippen molar-refractivity contribution in [3.63, 3.8) is 0 Å². The number of hydrogen-bond acceptors (Lipinski definition) is 7. The van der Waals surface area contributed by atoms with E-state index in [1.54, 1.807) is 18.3 Å². The number of carbonyl (C=O) groups is 1. The van der Waals surface area contributed by atoms with Gasteiger partial charge in [-0.2, -0.15) is 0 Å². The summed E-state index contributed by atoms with van der Waals surface area (Å²) in [5.74, 6) is 0.0598. The fourth-order valence-electron chi connectivity index (χ4n) is 4.87. The van der Waals surface area contributed by atoms with E-state index in [1.807, 2.05) is 79.6 Å². The maximum absolute atomic E-state index is 15.2. The van der Waals surface area contributed by atoms with Gasteiger partial charge in [0.1, 0.15) is 11.5 Å². The Labute approximate surface area is 257 Å². The first-order valence-corrected chi connectivity index (χ1v) is 14.6. The van der Waals surface area contributed by atoms with E-state index >= 15 is 4.39 Å². The number of aliphatic hydroxyl groups is 1. The third-order valence-corrected chi connectivity index (χ3v) is 7.87. The Morgan fingerprint density at radius 1 is 1.09 bits per heavy atom. The number of anilines is 2. The number of nitrogens with one attached hydrogen (secondary N) is 1. The van der Waals surface area contributed by atoms with Crippen LogP contribution in [0.25, 0.3) is 10.9 Å². The molecule has 1 aliphatic rings. The Morgan fingerprint density at radius 2 is 1.86 bits per heavy atom. The zero-order valence-corrected chi connectivity index (χ0v) is 25.2. The van der Waals surface area contributed by atoms with Crippen molar-refractivity contribution >= 4 is 28.2 Å². The second-order valence-electron chi connectivity index (χ2n) is 11.0. The van der Waals surface area contributed by atoms with E-state index < -0.39 is 17.3 Å². The number of amides is 1. The highest BCUT2D eigenvalue weighted by molar-refractivity contribution is 6.06. The number of pyridine rings is 1. The summed E-state index contributed by atoms with van der Waals surface area (Å²) in [5, 5.41) is 17.2. The van der Waals surface area contributed by atoms with Gasteiger partial charge in [-0.05, 0) is 75.1 Å². The minimum absolute atomic E-state index is 0.00807. The molecule has 2 N–H and O–H groups in total. The predicted octanol–water partition coefficient (Wildman–Crippen LogP) is 7.23. The number of ether oxygens (including phenoxy) is 2. The summed E-state index contributed by atoms with van der Waals surface area (Å²) in [7, 11) is 3.75. The fourth-order valence-corrected chi connectivity index (χ4v) is 4.87. The van der Waals surface area contributed by atoms with Crippen molar-refractivity contribution in [1.82, 2.24) is 9.99 Å². The first-order valence-electron chi connectivity index (χ1n) is 14.6. The van der Waals surface area contributed by atoms with E-state index in [9.17, 15) is 9.90 Å². The number of benzene rings is 3. The van der Waals surface area contributed by atoms with Gasteiger partial charge in [0.2, 0.25) is 0 Å². The highest BCUT2D eigenvalue weighted by Gasteiger charge is 2.39. The lowest BCUT2D eigenvalue weighted by molar-refractivity contribution is -0.112. The number of halogens is 1. The fraction of sp³-hybridized carbons (Fsp3) is 0.257. The summed E-state index contributed by atoms with van der Waals surface area (Å²) < 4.78 is 27.0. The largest absolute Gasteiger partial charge is 0.494 e. The Kier molecular flexibility index (Phi) is 9.15. The molecule has 0 bridgehead atoms. The van der Waals surface area contributed by atoms with E-state index in [4.69, 9.17) is 9.47 Å². The zero-order valence-electron chi connectivity index (χ0n) is 25.2. The maximum Gasteiger partial charge on any atom is 0.257 e. The second-order valence-corrected chi connectivity index (χ2v) is 11.0. The molecular weight excluding hydrogens is 559 g/mol. The van der Waals surface area contributed by atoms with Gasteiger partial charge in [-0.15, -0.1) is 0 Å².